The monoisotopic (exact) mass is 254 g/mol. The van der Waals surface area contributed by atoms with E-state index in [0.29, 0.717) is 22.9 Å². The molecule has 1 aliphatic rings. The molecule has 2 atom stereocenters. The molecule has 0 aromatic carbocycles. The zero-order valence-electron chi connectivity index (χ0n) is 10.4. The molecule has 0 bridgehead atoms. The molecule has 94 valence electrons. The van der Waals surface area contributed by atoms with E-state index in [2.05, 4.69) is 30.8 Å². The highest BCUT2D eigenvalue weighted by molar-refractivity contribution is 7.13. The first-order chi connectivity index (χ1) is 7.99. The molecule has 0 saturated carbocycles. The molecular weight excluding hydrogens is 236 g/mol. The van der Waals surface area contributed by atoms with Gasteiger partial charge in [0.2, 0.25) is 0 Å². The van der Waals surface area contributed by atoms with Crippen molar-refractivity contribution in [1.29, 1.82) is 0 Å². The van der Waals surface area contributed by atoms with Gasteiger partial charge in [-0.2, -0.15) is 0 Å². The zero-order chi connectivity index (χ0) is 12.6. The number of nitrogen functional groups attached to an aromatic ring is 1. The van der Waals surface area contributed by atoms with Crippen LogP contribution in [-0.4, -0.2) is 52.9 Å². The van der Waals surface area contributed by atoms with E-state index < -0.39 is 0 Å². The van der Waals surface area contributed by atoms with Crippen LogP contribution in [0.25, 0.3) is 0 Å². The molecule has 2 rings (SSSR count). The van der Waals surface area contributed by atoms with E-state index in [0.717, 1.165) is 13.1 Å². The van der Waals surface area contributed by atoms with Crippen LogP contribution in [0.2, 0.25) is 0 Å². The molecule has 0 aliphatic carbocycles. The van der Waals surface area contributed by atoms with Gasteiger partial charge in [-0.15, -0.1) is 11.3 Å². The normalized spacial score (nSPS) is 26.2. The number of nitrogens with zero attached hydrogens (tertiary/aromatic N) is 3. The summed E-state index contributed by atoms with van der Waals surface area (Å²) in [5.74, 6) is -0.00949. The summed E-state index contributed by atoms with van der Waals surface area (Å²) in [5.41, 5.74) is 6.02. The fourth-order valence-electron chi connectivity index (χ4n) is 2.12. The zero-order valence-corrected chi connectivity index (χ0v) is 11.2. The molecule has 1 aliphatic heterocycles. The van der Waals surface area contributed by atoms with Crippen LogP contribution in [0.1, 0.15) is 24.3 Å². The van der Waals surface area contributed by atoms with Crippen molar-refractivity contribution >= 4 is 22.4 Å². The minimum Gasteiger partial charge on any atom is -0.375 e. The van der Waals surface area contributed by atoms with Crippen molar-refractivity contribution in [3.63, 3.8) is 0 Å². The van der Waals surface area contributed by atoms with E-state index in [1.54, 1.807) is 5.38 Å². The molecule has 5 nitrogen and oxygen atoms in total. The van der Waals surface area contributed by atoms with Gasteiger partial charge in [0.1, 0.15) is 5.69 Å². The van der Waals surface area contributed by atoms with E-state index in [1.165, 1.54) is 11.3 Å². The Labute approximate surface area is 105 Å². The summed E-state index contributed by atoms with van der Waals surface area (Å²) in [4.78, 5) is 20.4. The summed E-state index contributed by atoms with van der Waals surface area (Å²) in [5, 5.41) is 2.18. The maximum atomic E-state index is 12.2. The van der Waals surface area contributed by atoms with Crippen molar-refractivity contribution in [3.05, 3.63) is 11.1 Å². The Bertz CT molecular complexity index is 407. The molecule has 2 heterocycles. The highest BCUT2D eigenvalue weighted by atomic mass is 32.1. The molecule has 2 N–H and O–H groups in total. The van der Waals surface area contributed by atoms with E-state index >= 15 is 0 Å². The summed E-state index contributed by atoms with van der Waals surface area (Å²) >= 11 is 1.31. The summed E-state index contributed by atoms with van der Waals surface area (Å²) in [6.07, 6.45) is 0. The third kappa shape index (κ3) is 2.42. The number of carbonyl (C=O) groups excluding carboxylic acids is 1. The van der Waals surface area contributed by atoms with Crippen LogP contribution in [0.15, 0.2) is 5.38 Å². The maximum absolute atomic E-state index is 12.2. The molecule has 1 aromatic rings. The summed E-state index contributed by atoms with van der Waals surface area (Å²) in [6.45, 7) is 5.75. The fourth-order valence-corrected chi connectivity index (χ4v) is 2.66. The third-order valence-electron chi connectivity index (χ3n) is 3.39. The van der Waals surface area contributed by atoms with Crippen molar-refractivity contribution in [2.24, 2.45) is 0 Å². The summed E-state index contributed by atoms with van der Waals surface area (Å²) in [7, 11) is 2.10. The number of rotatable bonds is 1. The van der Waals surface area contributed by atoms with Crippen LogP contribution in [0.5, 0.6) is 0 Å². The Balaban J connectivity index is 2.11. The molecule has 1 fully saturated rings. The lowest BCUT2D eigenvalue weighted by molar-refractivity contribution is 0.0410. The predicted octanol–water partition coefficient (Wildman–Crippen LogP) is 0.890. The Morgan fingerprint density at radius 1 is 1.47 bits per heavy atom. The van der Waals surface area contributed by atoms with E-state index in [4.69, 9.17) is 5.73 Å². The lowest BCUT2D eigenvalue weighted by atomic mass is 10.1. The van der Waals surface area contributed by atoms with Gasteiger partial charge in [0.05, 0.1) is 0 Å². The van der Waals surface area contributed by atoms with Gasteiger partial charge < -0.3 is 10.6 Å². The maximum Gasteiger partial charge on any atom is 0.273 e. The topological polar surface area (TPSA) is 62.5 Å². The van der Waals surface area contributed by atoms with Crippen molar-refractivity contribution in [1.82, 2.24) is 14.8 Å². The quantitative estimate of drug-likeness (QED) is 0.808. The Hall–Kier alpha value is -1.14. The van der Waals surface area contributed by atoms with Crippen molar-refractivity contribution in [3.8, 4) is 0 Å². The average Bonchev–Trinajstić information content (AvgIpc) is 2.71. The number of piperazine rings is 1. The minimum atomic E-state index is -0.00949. The Morgan fingerprint density at radius 3 is 2.53 bits per heavy atom. The smallest absolute Gasteiger partial charge is 0.273 e. The van der Waals surface area contributed by atoms with Gasteiger partial charge in [-0.3, -0.25) is 9.69 Å². The van der Waals surface area contributed by atoms with Crippen molar-refractivity contribution in [2.45, 2.75) is 25.9 Å². The van der Waals surface area contributed by atoms with Crippen LogP contribution in [0.4, 0.5) is 5.13 Å². The van der Waals surface area contributed by atoms with Crippen LogP contribution in [-0.2, 0) is 0 Å². The van der Waals surface area contributed by atoms with E-state index in [1.807, 2.05) is 4.90 Å². The number of hydrogen-bond acceptors (Lipinski definition) is 5. The van der Waals surface area contributed by atoms with Crippen LogP contribution < -0.4 is 5.73 Å². The first-order valence-corrected chi connectivity index (χ1v) is 6.59. The second kappa shape index (κ2) is 4.62. The van der Waals surface area contributed by atoms with Crippen LogP contribution in [0, 0.1) is 0 Å². The number of anilines is 1. The molecule has 0 spiro atoms. The fraction of sp³-hybridized carbons (Fsp3) is 0.636. The van der Waals surface area contributed by atoms with Crippen LogP contribution in [0.3, 0.4) is 0 Å². The van der Waals surface area contributed by atoms with Gasteiger partial charge in [0.15, 0.2) is 5.13 Å². The summed E-state index contributed by atoms with van der Waals surface area (Å²) in [6, 6.07) is 0.748. The number of carbonyl (C=O) groups is 1. The van der Waals surface area contributed by atoms with E-state index in [-0.39, 0.29) is 5.91 Å². The highest BCUT2D eigenvalue weighted by Crippen LogP contribution is 2.18. The lowest BCUT2D eigenvalue weighted by Crippen LogP contribution is -2.56. The van der Waals surface area contributed by atoms with Gasteiger partial charge >= 0.3 is 0 Å². The minimum absolute atomic E-state index is 0.00949. The molecule has 2 unspecified atom stereocenters. The lowest BCUT2D eigenvalue weighted by Gasteiger charge is -2.42. The SMILES string of the molecule is CC1CN(C(=O)c2csc(N)n2)CC(C)N1C. The number of thiazole rings is 1. The van der Waals surface area contributed by atoms with Gasteiger partial charge in [-0.1, -0.05) is 0 Å². The largest absolute Gasteiger partial charge is 0.375 e. The number of hydrogen-bond donors (Lipinski definition) is 1. The molecule has 6 heteroatoms. The first kappa shape index (κ1) is 12.3. The predicted molar refractivity (Wildman–Crippen MR) is 69.1 cm³/mol. The number of nitrogens with two attached hydrogens (primary N) is 1. The second-order valence-corrected chi connectivity index (χ2v) is 5.53. The number of amides is 1. The van der Waals surface area contributed by atoms with Crippen LogP contribution >= 0.6 is 11.3 Å². The van der Waals surface area contributed by atoms with Crippen molar-refractivity contribution < 1.29 is 4.79 Å². The number of likely N-dealkylation sites (N-methyl/N-ethyl adjacent to an activating group) is 1. The molecule has 1 amide bonds. The average molecular weight is 254 g/mol. The van der Waals surface area contributed by atoms with Gasteiger partial charge in [-0.05, 0) is 20.9 Å². The second-order valence-electron chi connectivity index (χ2n) is 4.64. The number of aromatic nitrogens is 1. The molecule has 17 heavy (non-hydrogen) atoms. The Kier molecular flexibility index (Phi) is 3.35. The Morgan fingerprint density at radius 2 is 2.06 bits per heavy atom. The highest BCUT2D eigenvalue weighted by Gasteiger charge is 2.30. The summed E-state index contributed by atoms with van der Waals surface area (Å²) < 4.78 is 0. The third-order valence-corrected chi connectivity index (χ3v) is 4.06. The first-order valence-electron chi connectivity index (χ1n) is 5.71. The molecule has 0 radical (unpaired) electrons. The van der Waals surface area contributed by atoms with Crippen molar-refractivity contribution in [2.75, 3.05) is 25.9 Å². The van der Waals surface area contributed by atoms with E-state index in [9.17, 15) is 4.79 Å². The van der Waals surface area contributed by atoms with Gasteiger partial charge in [0.25, 0.3) is 5.91 Å². The molecule has 1 saturated heterocycles. The standard InChI is InChI=1S/C11H18N4OS/c1-7-4-15(5-8(2)14(7)3)10(16)9-6-17-11(12)13-9/h6-8H,4-5H2,1-3H3,(H2,12,13). The molecule has 1 aromatic heterocycles. The van der Waals surface area contributed by atoms with Gasteiger partial charge in [-0.25, -0.2) is 4.98 Å². The van der Waals surface area contributed by atoms with Gasteiger partial charge in [0, 0.05) is 30.6 Å². The molecular formula is C11H18N4OS.